The molecule has 2 heterocycles. The number of cyclic esters (lactones) is 1. The standard InChI is InChI=1S/C35H50N2O12/c1-5-6-7-8-9-15-30(42)46-19-12-13-25(39)21-28(41)33-34(49-35(45)36-24(4)38)32(44)27(40)18-17-22(2)20-29-37-26(23(3)47-29)14-10-11-16-31(43)48-33/h10-11,14,16,20-21,27-28,32-34,39-41,44H,5-9,12-13,15,17-19H2,1-4H3,(H,36,38,45)/b14-10+,16-11-,22-20+,25-21+/t27-,28+,32+,33?,34-/m1/s1. The maximum Gasteiger partial charge on any atom is 0.414 e. The summed E-state index contributed by atoms with van der Waals surface area (Å²) in [6.45, 7) is 6.64. The van der Waals surface area contributed by atoms with Gasteiger partial charge in [-0.05, 0) is 57.8 Å². The van der Waals surface area contributed by atoms with Crippen molar-refractivity contribution in [3.05, 3.63) is 53.0 Å². The highest BCUT2D eigenvalue weighted by atomic mass is 16.6. The first-order valence-corrected chi connectivity index (χ1v) is 16.6. The molecule has 1 aromatic heterocycles. The van der Waals surface area contributed by atoms with Crippen molar-refractivity contribution in [2.45, 2.75) is 122 Å². The number of alkyl carbamates (subject to hydrolysis) is 1. The van der Waals surface area contributed by atoms with Gasteiger partial charge in [-0.3, -0.25) is 14.9 Å². The normalized spacial score (nSPS) is 23.6. The molecule has 0 fully saturated rings. The molecule has 0 saturated heterocycles. The summed E-state index contributed by atoms with van der Waals surface area (Å²) >= 11 is 0. The molecule has 2 amide bonds. The van der Waals surface area contributed by atoms with E-state index in [1.807, 2.05) is 5.32 Å². The molecule has 0 aromatic carbocycles. The van der Waals surface area contributed by atoms with Gasteiger partial charge in [0.05, 0.1) is 18.5 Å². The lowest BCUT2D eigenvalue weighted by molar-refractivity contribution is -0.170. The van der Waals surface area contributed by atoms with Crippen LogP contribution in [0.5, 0.6) is 0 Å². The number of hydrogen-bond donors (Lipinski definition) is 5. The lowest BCUT2D eigenvalue weighted by Gasteiger charge is -2.33. The number of imide groups is 1. The van der Waals surface area contributed by atoms with Gasteiger partial charge in [-0.2, -0.15) is 0 Å². The van der Waals surface area contributed by atoms with Crippen LogP contribution in [0.4, 0.5) is 4.79 Å². The van der Waals surface area contributed by atoms with E-state index in [1.54, 1.807) is 26.0 Å². The monoisotopic (exact) mass is 690 g/mol. The number of ether oxygens (including phenoxy) is 3. The average molecular weight is 691 g/mol. The minimum absolute atomic E-state index is 0.0172. The van der Waals surface area contributed by atoms with Gasteiger partial charge in [-0.1, -0.05) is 50.3 Å². The van der Waals surface area contributed by atoms with Crippen LogP contribution in [0.3, 0.4) is 0 Å². The maximum absolute atomic E-state index is 12.9. The van der Waals surface area contributed by atoms with Crippen molar-refractivity contribution in [1.29, 1.82) is 0 Å². The molecule has 0 saturated carbocycles. The summed E-state index contributed by atoms with van der Waals surface area (Å²) in [6.07, 6.45) is 3.02. The van der Waals surface area contributed by atoms with Crippen LogP contribution < -0.4 is 5.32 Å². The summed E-state index contributed by atoms with van der Waals surface area (Å²) in [4.78, 5) is 53.2. The summed E-state index contributed by atoms with van der Waals surface area (Å²) in [5.74, 6) is -1.72. The van der Waals surface area contributed by atoms with Gasteiger partial charge in [0.2, 0.25) is 11.8 Å². The van der Waals surface area contributed by atoms with Gasteiger partial charge in [0.15, 0.2) is 12.2 Å². The second-order valence-electron chi connectivity index (χ2n) is 11.9. The zero-order chi connectivity index (χ0) is 36.3. The first-order valence-electron chi connectivity index (χ1n) is 16.6. The number of carbonyl (C=O) groups is 4. The Morgan fingerprint density at radius 2 is 1.80 bits per heavy atom. The van der Waals surface area contributed by atoms with Gasteiger partial charge in [0.1, 0.15) is 23.7 Å². The molecule has 5 atom stereocenters. The second-order valence-corrected chi connectivity index (χ2v) is 11.9. The van der Waals surface area contributed by atoms with E-state index in [0.29, 0.717) is 23.8 Å². The van der Waals surface area contributed by atoms with Crippen LogP contribution >= 0.6 is 0 Å². The zero-order valence-electron chi connectivity index (χ0n) is 28.6. The highest BCUT2D eigenvalue weighted by Crippen LogP contribution is 2.23. The molecule has 1 aliphatic rings. The Balaban J connectivity index is 2.28. The van der Waals surface area contributed by atoms with E-state index in [0.717, 1.165) is 56.8 Å². The van der Waals surface area contributed by atoms with Crippen molar-refractivity contribution in [3.63, 3.8) is 0 Å². The van der Waals surface area contributed by atoms with E-state index in [4.69, 9.17) is 18.6 Å². The number of amides is 2. The van der Waals surface area contributed by atoms with E-state index < -0.39 is 48.5 Å². The highest BCUT2D eigenvalue weighted by molar-refractivity contribution is 5.90. The number of oxazole rings is 1. The summed E-state index contributed by atoms with van der Waals surface area (Å²) in [7, 11) is 0. The number of fused-ring (bicyclic) bond motifs is 2. The van der Waals surface area contributed by atoms with Crippen molar-refractivity contribution in [3.8, 4) is 0 Å². The Morgan fingerprint density at radius 1 is 1.08 bits per heavy atom. The molecule has 14 nitrogen and oxygen atoms in total. The minimum Gasteiger partial charge on any atom is -0.513 e. The van der Waals surface area contributed by atoms with Gasteiger partial charge in [-0.15, -0.1) is 0 Å². The third kappa shape index (κ3) is 15.7. The molecule has 0 spiro atoms. The van der Waals surface area contributed by atoms with Crippen LogP contribution in [0.25, 0.3) is 12.2 Å². The smallest absolute Gasteiger partial charge is 0.414 e. The van der Waals surface area contributed by atoms with E-state index in [2.05, 4.69) is 11.9 Å². The largest absolute Gasteiger partial charge is 0.513 e. The van der Waals surface area contributed by atoms with Gasteiger partial charge < -0.3 is 39.1 Å². The van der Waals surface area contributed by atoms with Gasteiger partial charge in [0.25, 0.3) is 0 Å². The molecule has 272 valence electrons. The molecule has 2 bridgehead atoms. The molecule has 0 radical (unpaired) electrons. The Bertz CT molecular complexity index is 1360. The summed E-state index contributed by atoms with van der Waals surface area (Å²) < 4.78 is 21.5. The number of nitrogens with one attached hydrogen (secondary N) is 1. The van der Waals surface area contributed by atoms with Crippen LogP contribution in [0.1, 0.15) is 102 Å². The van der Waals surface area contributed by atoms with Crippen LogP contribution in [0.2, 0.25) is 0 Å². The molecule has 2 rings (SSSR count). The van der Waals surface area contributed by atoms with Crippen LogP contribution in [0, 0.1) is 6.92 Å². The second kappa shape index (κ2) is 21.6. The summed E-state index contributed by atoms with van der Waals surface area (Å²) in [5, 5.41) is 45.7. The van der Waals surface area contributed by atoms with Crippen molar-refractivity contribution in [1.82, 2.24) is 10.3 Å². The lowest BCUT2D eigenvalue weighted by atomic mass is 9.94. The minimum atomic E-state index is -1.94. The Labute approximate surface area is 286 Å². The van der Waals surface area contributed by atoms with E-state index >= 15 is 0 Å². The van der Waals surface area contributed by atoms with E-state index in [-0.39, 0.29) is 44.0 Å². The Kier molecular flexibility index (Phi) is 18.1. The van der Waals surface area contributed by atoms with E-state index in [1.165, 1.54) is 12.2 Å². The number of esters is 2. The number of rotatable bonds is 13. The Morgan fingerprint density at radius 3 is 2.51 bits per heavy atom. The quantitative estimate of drug-likeness (QED) is 0.0835. The van der Waals surface area contributed by atoms with Crippen LogP contribution in [-0.2, 0) is 28.6 Å². The SMILES string of the molecule is CCCCCCCC(=O)OCCC/C(O)=C\[C@H](O)C1OC(=O)/C=C\C=C\c2nc(oc2C)/C=C(\C)CC[C@@H](O)[C@H](O)[C@H]1OC(=O)NC(C)=O. The average Bonchev–Trinajstić information content (AvgIpc) is 3.38. The number of aryl methyl sites for hydroxylation is 1. The molecule has 49 heavy (non-hydrogen) atoms. The number of nitrogens with zero attached hydrogens (tertiary/aromatic N) is 1. The fourth-order valence-corrected chi connectivity index (χ4v) is 4.87. The first-order chi connectivity index (χ1) is 23.3. The summed E-state index contributed by atoms with van der Waals surface area (Å²) in [6, 6.07) is 0. The van der Waals surface area contributed by atoms with Crippen molar-refractivity contribution < 1.29 is 58.2 Å². The molecule has 1 aromatic rings. The van der Waals surface area contributed by atoms with Crippen LogP contribution in [0.15, 0.2) is 40.1 Å². The lowest BCUT2D eigenvalue weighted by Crippen LogP contribution is -2.53. The maximum atomic E-state index is 12.9. The van der Waals surface area contributed by atoms with Crippen molar-refractivity contribution in [2.75, 3.05) is 6.61 Å². The van der Waals surface area contributed by atoms with Gasteiger partial charge in [0, 0.05) is 25.8 Å². The molecule has 1 unspecified atom stereocenters. The molecule has 5 N–H and O–H groups in total. The molecular weight excluding hydrogens is 640 g/mol. The first kappa shape index (κ1) is 40.9. The van der Waals surface area contributed by atoms with Crippen molar-refractivity contribution in [2.24, 2.45) is 0 Å². The number of aliphatic hydroxyl groups is 4. The fraction of sp³-hybridized carbons (Fsp3) is 0.571. The number of hydrogen-bond acceptors (Lipinski definition) is 13. The third-order valence-electron chi connectivity index (χ3n) is 7.50. The van der Waals surface area contributed by atoms with Gasteiger partial charge in [-0.25, -0.2) is 14.6 Å². The molecule has 1 aliphatic heterocycles. The summed E-state index contributed by atoms with van der Waals surface area (Å²) in [5.41, 5.74) is 1.24. The molecular formula is C35H50N2O12. The third-order valence-corrected chi connectivity index (χ3v) is 7.50. The van der Waals surface area contributed by atoms with Crippen LogP contribution in [-0.4, -0.2) is 86.5 Å². The predicted octanol–water partition coefficient (Wildman–Crippen LogP) is 4.51. The number of allylic oxidation sites excluding steroid dienone is 4. The topological polar surface area (TPSA) is 215 Å². The Hall–Kier alpha value is -4.27. The zero-order valence-corrected chi connectivity index (χ0v) is 28.6. The van der Waals surface area contributed by atoms with Gasteiger partial charge >= 0.3 is 18.0 Å². The van der Waals surface area contributed by atoms with E-state index in [9.17, 15) is 39.6 Å². The highest BCUT2D eigenvalue weighted by Gasteiger charge is 2.42. The number of unbranched alkanes of at least 4 members (excludes halogenated alkanes) is 4. The number of aliphatic hydroxyl groups excluding tert-OH is 4. The number of carbonyl (C=O) groups excluding carboxylic acids is 4. The molecule has 0 aliphatic carbocycles. The predicted molar refractivity (Wildman–Crippen MR) is 179 cm³/mol. The molecule has 14 heteroatoms. The van der Waals surface area contributed by atoms with Crippen molar-refractivity contribution >= 4 is 36.1 Å². The number of aromatic nitrogens is 1. The fourth-order valence-electron chi connectivity index (χ4n) is 4.87.